The maximum Gasteiger partial charge on any atom is 0.410 e. The summed E-state index contributed by atoms with van der Waals surface area (Å²) in [7, 11) is 1.69. The highest BCUT2D eigenvalue weighted by atomic mass is 127. The van der Waals surface area contributed by atoms with Crippen LogP contribution in [0.15, 0.2) is 24.3 Å². The zero-order chi connectivity index (χ0) is 12.8. The molecule has 1 fully saturated rings. The third kappa shape index (κ3) is 5.92. The summed E-state index contributed by atoms with van der Waals surface area (Å²) in [4.78, 5) is 12.1. The first kappa shape index (κ1) is 17.5. The number of carbonyl (C=O) groups excluding carboxylic acids is 1. The molecule has 0 aliphatic carbocycles. The molecule has 1 aromatic carbocycles. The van der Waals surface area contributed by atoms with E-state index in [4.69, 9.17) is 10.5 Å². The summed E-state index contributed by atoms with van der Waals surface area (Å²) < 4.78 is 6.08. The van der Waals surface area contributed by atoms with Crippen LogP contribution in [0.5, 0.6) is 0 Å². The Hall–Kier alpha value is -0.470. The zero-order valence-electron chi connectivity index (χ0n) is 10.5. The highest BCUT2D eigenvalue weighted by Crippen LogP contribution is 2.06. The van der Waals surface area contributed by atoms with Crippen molar-refractivity contribution in [3.8, 4) is 0 Å². The first-order chi connectivity index (χ1) is 8.02. The molecule has 1 heterocycles. The van der Waals surface area contributed by atoms with Crippen molar-refractivity contribution < 1.29 is 9.53 Å². The quantitative estimate of drug-likeness (QED) is 0.757. The Morgan fingerprint density at radius 2 is 2.00 bits per heavy atom. The molecule has 0 aromatic heterocycles. The van der Waals surface area contributed by atoms with E-state index >= 15 is 0 Å². The summed E-state index contributed by atoms with van der Waals surface area (Å²) in [6.07, 6.45) is -0.368. The Kier molecular flexibility index (Phi) is 8.38. The summed E-state index contributed by atoms with van der Waals surface area (Å²) in [5, 5.41) is 0. The van der Waals surface area contributed by atoms with Crippen LogP contribution in [0.1, 0.15) is 5.56 Å². The van der Waals surface area contributed by atoms with Crippen LogP contribution in [0, 0.1) is 10.5 Å². The highest BCUT2D eigenvalue weighted by Gasteiger charge is 2.26. The Bertz CT molecular complexity index is 352. The first-order valence-electron chi connectivity index (χ1n) is 5.37. The van der Waals surface area contributed by atoms with E-state index in [9.17, 15) is 4.79 Å². The molecular formula is C12H19IN2O2S. The zero-order valence-corrected chi connectivity index (χ0v) is 13.7. The number of carbonyl (C=O) groups is 1. The Morgan fingerprint density at radius 1 is 1.44 bits per heavy atom. The molecule has 1 amide bonds. The SMILES string of the molecule is CN1C[C@H](CN)OC1=O.Cc1ccc(I)cc1.S. The van der Waals surface area contributed by atoms with Crippen molar-refractivity contribution in [2.45, 2.75) is 13.0 Å². The van der Waals surface area contributed by atoms with Crippen molar-refractivity contribution in [1.29, 1.82) is 0 Å². The minimum absolute atomic E-state index is 0. The van der Waals surface area contributed by atoms with Crippen molar-refractivity contribution in [2.24, 2.45) is 5.73 Å². The van der Waals surface area contributed by atoms with Gasteiger partial charge in [0.05, 0.1) is 6.54 Å². The second kappa shape index (κ2) is 8.60. The molecule has 2 N–H and O–H groups in total. The van der Waals surface area contributed by atoms with Crippen molar-refractivity contribution in [3.05, 3.63) is 33.4 Å². The third-order valence-electron chi connectivity index (χ3n) is 2.33. The lowest BCUT2D eigenvalue weighted by Gasteiger charge is -2.01. The number of nitrogens with zero attached hydrogens (tertiary/aromatic N) is 1. The Balaban J connectivity index is 0.000000306. The molecule has 6 heteroatoms. The molecule has 0 spiro atoms. The highest BCUT2D eigenvalue weighted by molar-refractivity contribution is 14.1. The van der Waals surface area contributed by atoms with Crippen LogP contribution in [0.4, 0.5) is 4.79 Å². The van der Waals surface area contributed by atoms with Gasteiger partial charge in [-0.3, -0.25) is 0 Å². The summed E-state index contributed by atoms with van der Waals surface area (Å²) >= 11 is 2.30. The molecule has 4 nitrogen and oxygen atoms in total. The van der Waals surface area contributed by atoms with E-state index in [1.165, 1.54) is 14.0 Å². The number of likely N-dealkylation sites (N-methyl/N-ethyl adjacent to an activating group) is 1. The lowest BCUT2D eigenvalue weighted by molar-refractivity contribution is 0.137. The minimum Gasteiger partial charge on any atom is -0.443 e. The van der Waals surface area contributed by atoms with E-state index in [2.05, 4.69) is 53.8 Å². The summed E-state index contributed by atoms with van der Waals surface area (Å²) in [6.45, 7) is 3.13. The van der Waals surface area contributed by atoms with Gasteiger partial charge in [-0.1, -0.05) is 17.7 Å². The van der Waals surface area contributed by atoms with E-state index < -0.39 is 0 Å². The molecule has 1 saturated heterocycles. The second-order valence-corrected chi connectivity index (χ2v) is 5.16. The lowest BCUT2D eigenvalue weighted by Crippen LogP contribution is -2.24. The average molecular weight is 382 g/mol. The van der Waals surface area contributed by atoms with E-state index in [-0.39, 0.29) is 25.7 Å². The molecule has 1 aromatic rings. The molecule has 1 aliphatic heterocycles. The maximum atomic E-state index is 10.6. The smallest absolute Gasteiger partial charge is 0.410 e. The van der Waals surface area contributed by atoms with Gasteiger partial charge in [0.1, 0.15) is 6.10 Å². The molecular weight excluding hydrogens is 363 g/mol. The van der Waals surface area contributed by atoms with Gasteiger partial charge in [0.15, 0.2) is 0 Å². The molecule has 0 unspecified atom stereocenters. The first-order valence-corrected chi connectivity index (χ1v) is 6.44. The summed E-state index contributed by atoms with van der Waals surface area (Å²) in [5.74, 6) is 0. The Morgan fingerprint density at radius 3 is 2.28 bits per heavy atom. The number of cyclic esters (lactones) is 1. The number of amides is 1. The van der Waals surface area contributed by atoms with Gasteiger partial charge in [-0.25, -0.2) is 4.79 Å². The maximum absolute atomic E-state index is 10.6. The number of ether oxygens (including phenoxy) is 1. The van der Waals surface area contributed by atoms with E-state index in [1.54, 1.807) is 7.05 Å². The molecule has 0 bridgehead atoms. The fourth-order valence-electron chi connectivity index (χ4n) is 1.31. The fraction of sp³-hybridized carbons (Fsp3) is 0.417. The van der Waals surface area contributed by atoms with Crippen molar-refractivity contribution >= 4 is 42.2 Å². The van der Waals surface area contributed by atoms with Crippen LogP contribution in [0.3, 0.4) is 0 Å². The van der Waals surface area contributed by atoms with Crippen LogP contribution >= 0.6 is 36.1 Å². The van der Waals surface area contributed by atoms with Gasteiger partial charge in [-0.2, -0.15) is 13.5 Å². The van der Waals surface area contributed by atoms with Crippen molar-refractivity contribution in [1.82, 2.24) is 4.90 Å². The van der Waals surface area contributed by atoms with Gasteiger partial charge in [0, 0.05) is 17.2 Å². The second-order valence-electron chi connectivity index (χ2n) is 3.92. The molecule has 18 heavy (non-hydrogen) atoms. The Labute approximate surface area is 128 Å². The minimum atomic E-state index is -0.273. The third-order valence-corrected chi connectivity index (χ3v) is 3.05. The van der Waals surface area contributed by atoms with Crippen LogP contribution in [-0.2, 0) is 4.74 Å². The lowest BCUT2D eigenvalue weighted by atomic mass is 10.2. The summed E-state index contributed by atoms with van der Waals surface area (Å²) in [5.41, 5.74) is 6.58. The van der Waals surface area contributed by atoms with Gasteiger partial charge >= 0.3 is 6.09 Å². The van der Waals surface area contributed by atoms with Crippen LogP contribution < -0.4 is 5.73 Å². The number of aryl methyl sites for hydroxylation is 1. The van der Waals surface area contributed by atoms with Crippen molar-refractivity contribution in [2.75, 3.05) is 20.1 Å². The van der Waals surface area contributed by atoms with E-state index in [0.717, 1.165) is 0 Å². The van der Waals surface area contributed by atoms with Crippen LogP contribution in [0.2, 0.25) is 0 Å². The van der Waals surface area contributed by atoms with Gasteiger partial charge in [0.2, 0.25) is 0 Å². The summed E-state index contributed by atoms with van der Waals surface area (Å²) in [6, 6.07) is 8.44. The standard InChI is InChI=1S/C7H7I.C5H10N2O2.H2S/c1-6-2-4-7(8)5-3-6;1-7-3-4(2-6)9-5(7)8;/h2-5H,1H3;4H,2-3,6H2,1H3;1H2/t;4-;/m.0./s1. The largest absolute Gasteiger partial charge is 0.443 e. The number of rotatable bonds is 1. The normalized spacial score (nSPS) is 17.4. The van der Waals surface area contributed by atoms with Crippen LogP contribution in [-0.4, -0.2) is 37.2 Å². The van der Waals surface area contributed by atoms with E-state index in [1.807, 2.05) is 0 Å². The number of nitrogens with two attached hydrogens (primary N) is 1. The molecule has 102 valence electrons. The number of benzene rings is 1. The molecule has 1 aliphatic rings. The number of hydrogen-bond acceptors (Lipinski definition) is 3. The van der Waals surface area contributed by atoms with Crippen LogP contribution in [0.25, 0.3) is 0 Å². The molecule has 2 rings (SSSR count). The van der Waals surface area contributed by atoms with Gasteiger partial charge in [-0.05, 0) is 41.6 Å². The van der Waals surface area contributed by atoms with E-state index in [0.29, 0.717) is 13.1 Å². The average Bonchev–Trinajstić information content (AvgIpc) is 2.64. The van der Waals surface area contributed by atoms with Gasteiger partial charge in [-0.15, -0.1) is 0 Å². The monoisotopic (exact) mass is 382 g/mol. The van der Waals surface area contributed by atoms with Gasteiger partial charge < -0.3 is 15.4 Å². The molecule has 0 radical (unpaired) electrons. The van der Waals surface area contributed by atoms with Crippen molar-refractivity contribution in [3.63, 3.8) is 0 Å². The molecule has 0 saturated carbocycles. The number of hydrogen-bond donors (Lipinski definition) is 1. The van der Waals surface area contributed by atoms with Gasteiger partial charge in [0.25, 0.3) is 0 Å². The predicted molar refractivity (Wildman–Crippen MR) is 86.2 cm³/mol. The predicted octanol–water partition coefficient (Wildman–Crippen LogP) is 2.11. The molecule has 1 atom stereocenters. The fourth-order valence-corrected chi connectivity index (χ4v) is 1.67. The number of halogens is 1. The topological polar surface area (TPSA) is 55.6 Å².